The Morgan fingerprint density at radius 1 is 1.10 bits per heavy atom. The zero-order valence-electron chi connectivity index (χ0n) is 18.8. The minimum atomic E-state index is -0.519. The van der Waals surface area contributed by atoms with E-state index < -0.39 is 5.41 Å². The fourth-order valence-corrected chi connectivity index (χ4v) is 7.49. The molecule has 1 unspecified atom stereocenters. The molecule has 1 N–H and O–H groups in total. The molecule has 1 heterocycles. The van der Waals surface area contributed by atoms with Crippen molar-refractivity contribution in [2.24, 2.45) is 23.2 Å². The van der Waals surface area contributed by atoms with Crippen molar-refractivity contribution in [3.63, 3.8) is 0 Å². The summed E-state index contributed by atoms with van der Waals surface area (Å²) in [5.74, 6) is 2.06. The largest absolute Gasteiger partial charge is 0.353 e. The van der Waals surface area contributed by atoms with Gasteiger partial charge in [-0.25, -0.2) is 4.39 Å². The van der Waals surface area contributed by atoms with Crippen LogP contribution in [0.25, 0.3) is 0 Å². The molecule has 0 radical (unpaired) electrons. The van der Waals surface area contributed by atoms with Crippen molar-refractivity contribution in [2.75, 3.05) is 13.1 Å². The van der Waals surface area contributed by atoms with Gasteiger partial charge in [-0.1, -0.05) is 32.0 Å². The third-order valence-corrected chi connectivity index (χ3v) is 8.62. The molecule has 4 bridgehead atoms. The summed E-state index contributed by atoms with van der Waals surface area (Å²) in [4.78, 5) is 28.8. The Bertz CT molecular complexity index is 845. The zero-order chi connectivity index (χ0) is 21.8. The molecule has 0 aromatic heterocycles. The molecule has 4 aliphatic carbocycles. The summed E-state index contributed by atoms with van der Waals surface area (Å²) in [7, 11) is 0. The van der Waals surface area contributed by atoms with Crippen molar-refractivity contribution in [1.29, 1.82) is 0 Å². The Kier molecular flexibility index (Phi) is 5.14. The molecule has 1 aromatic carbocycles. The highest BCUT2D eigenvalue weighted by Crippen LogP contribution is 2.60. The molecule has 1 aliphatic heterocycles. The van der Waals surface area contributed by atoms with Crippen LogP contribution >= 0.6 is 0 Å². The Morgan fingerprint density at radius 2 is 1.71 bits per heavy atom. The molecule has 5 aliphatic rings. The number of hydrogen-bond donors (Lipinski definition) is 1. The summed E-state index contributed by atoms with van der Waals surface area (Å²) in [6.07, 6.45) is 8.62. The Labute approximate surface area is 185 Å². The van der Waals surface area contributed by atoms with E-state index in [-0.39, 0.29) is 29.1 Å². The molecule has 5 fully saturated rings. The van der Waals surface area contributed by atoms with Gasteiger partial charge >= 0.3 is 0 Å². The lowest BCUT2D eigenvalue weighted by Crippen LogP contribution is -2.57. The molecular formula is C26H35FN2O2. The van der Waals surface area contributed by atoms with Crippen molar-refractivity contribution in [3.05, 3.63) is 35.6 Å². The number of hydrogen-bond acceptors (Lipinski definition) is 2. The van der Waals surface area contributed by atoms with E-state index in [4.69, 9.17) is 0 Å². The lowest BCUT2D eigenvalue weighted by molar-refractivity contribution is -0.160. The van der Waals surface area contributed by atoms with Crippen LogP contribution in [0.3, 0.4) is 0 Å². The molecule has 168 valence electrons. The molecule has 4 nitrogen and oxygen atoms in total. The van der Waals surface area contributed by atoms with Crippen molar-refractivity contribution in [3.8, 4) is 0 Å². The predicted octanol–water partition coefficient (Wildman–Crippen LogP) is 4.43. The lowest BCUT2D eigenvalue weighted by Gasteiger charge is -2.56. The second-order valence-corrected chi connectivity index (χ2v) is 11.4. The number of nitrogens with one attached hydrogen (secondary N) is 1. The van der Waals surface area contributed by atoms with Gasteiger partial charge in [0, 0.05) is 18.5 Å². The van der Waals surface area contributed by atoms with Crippen LogP contribution in [0.1, 0.15) is 70.8 Å². The quantitative estimate of drug-likeness (QED) is 0.757. The molecule has 5 heteroatoms. The smallest absolute Gasteiger partial charge is 0.242 e. The Morgan fingerprint density at radius 3 is 2.32 bits per heavy atom. The minimum Gasteiger partial charge on any atom is -0.353 e. The number of likely N-dealkylation sites (tertiary alicyclic amines) is 1. The Hall–Kier alpha value is -1.91. The molecule has 31 heavy (non-hydrogen) atoms. The predicted molar refractivity (Wildman–Crippen MR) is 118 cm³/mol. The summed E-state index contributed by atoms with van der Waals surface area (Å²) < 4.78 is 14.3. The highest BCUT2D eigenvalue weighted by Gasteiger charge is 2.56. The average molecular weight is 427 g/mol. The molecular weight excluding hydrogens is 391 g/mol. The van der Waals surface area contributed by atoms with E-state index >= 15 is 0 Å². The second-order valence-electron chi connectivity index (χ2n) is 11.4. The van der Waals surface area contributed by atoms with Crippen LogP contribution < -0.4 is 5.32 Å². The first-order valence-corrected chi connectivity index (χ1v) is 12.1. The maximum absolute atomic E-state index is 14.3. The highest BCUT2D eigenvalue weighted by molar-refractivity contribution is 5.91. The maximum atomic E-state index is 14.3. The van der Waals surface area contributed by atoms with Gasteiger partial charge in [-0.15, -0.1) is 0 Å². The number of carbonyl (C=O) groups excluding carboxylic acids is 2. The van der Waals surface area contributed by atoms with Crippen molar-refractivity contribution < 1.29 is 14.0 Å². The first kappa shape index (κ1) is 21.0. The molecule has 1 atom stereocenters. The lowest BCUT2D eigenvalue weighted by atomic mass is 9.49. The summed E-state index contributed by atoms with van der Waals surface area (Å²) >= 11 is 0. The zero-order valence-corrected chi connectivity index (χ0v) is 18.8. The van der Waals surface area contributed by atoms with Crippen LogP contribution in [0.4, 0.5) is 4.39 Å². The summed E-state index contributed by atoms with van der Waals surface area (Å²) in [5.41, 5.74) is -0.124. The third-order valence-electron chi connectivity index (χ3n) is 8.62. The molecule has 4 saturated carbocycles. The highest BCUT2D eigenvalue weighted by atomic mass is 19.1. The van der Waals surface area contributed by atoms with Gasteiger partial charge in [0.25, 0.3) is 0 Å². The fourth-order valence-electron chi connectivity index (χ4n) is 7.49. The molecule has 1 saturated heterocycles. The number of amides is 2. The SMILES string of the molecule is CC(C)(CNC(=O)C1CCCN1C(=O)C12CC3CC(CC(C3)C1)C2)c1ccccc1F. The van der Waals surface area contributed by atoms with Crippen LogP contribution in [0, 0.1) is 29.0 Å². The number of carbonyl (C=O) groups is 2. The van der Waals surface area contributed by atoms with E-state index in [9.17, 15) is 14.0 Å². The summed E-state index contributed by atoms with van der Waals surface area (Å²) in [5, 5.41) is 3.05. The van der Waals surface area contributed by atoms with E-state index in [1.54, 1.807) is 12.1 Å². The van der Waals surface area contributed by atoms with Crippen molar-refractivity contribution >= 4 is 11.8 Å². The van der Waals surface area contributed by atoms with Crippen LogP contribution in [-0.2, 0) is 15.0 Å². The molecule has 0 spiro atoms. The normalized spacial score (nSPS) is 34.2. The summed E-state index contributed by atoms with van der Waals surface area (Å²) in [6, 6.07) is 6.36. The maximum Gasteiger partial charge on any atom is 0.242 e. The number of benzene rings is 1. The van der Waals surface area contributed by atoms with E-state index in [2.05, 4.69) is 5.32 Å². The van der Waals surface area contributed by atoms with Crippen LogP contribution in [-0.4, -0.2) is 35.8 Å². The van der Waals surface area contributed by atoms with Gasteiger partial charge in [0.1, 0.15) is 11.9 Å². The average Bonchev–Trinajstić information content (AvgIpc) is 3.20. The van der Waals surface area contributed by atoms with Gasteiger partial charge in [-0.05, 0) is 80.8 Å². The molecule has 1 aromatic rings. The van der Waals surface area contributed by atoms with Gasteiger partial charge in [0.2, 0.25) is 11.8 Å². The van der Waals surface area contributed by atoms with Crippen LogP contribution in [0.15, 0.2) is 24.3 Å². The van der Waals surface area contributed by atoms with Gasteiger partial charge in [-0.2, -0.15) is 0 Å². The van der Waals surface area contributed by atoms with Gasteiger partial charge in [0.15, 0.2) is 0 Å². The second kappa shape index (κ2) is 7.60. The van der Waals surface area contributed by atoms with E-state index in [0.717, 1.165) is 32.1 Å². The van der Waals surface area contributed by atoms with Crippen molar-refractivity contribution in [2.45, 2.75) is 76.7 Å². The fraction of sp³-hybridized carbons (Fsp3) is 0.692. The van der Waals surface area contributed by atoms with Gasteiger partial charge in [0.05, 0.1) is 5.41 Å². The van der Waals surface area contributed by atoms with E-state index in [1.807, 2.05) is 24.8 Å². The van der Waals surface area contributed by atoms with Gasteiger partial charge < -0.3 is 10.2 Å². The summed E-state index contributed by atoms with van der Waals surface area (Å²) in [6.45, 7) is 4.93. The van der Waals surface area contributed by atoms with E-state index in [0.29, 0.717) is 36.4 Å². The Balaban J connectivity index is 1.27. The number of rotatable bonds is 5. The number of halogens is 1. The van der Waals surface area contributed by atoms with E-state index in [1.165, 1.54) is 25.3 Å². The van der Waals surface area contributed by atoms with Crippen molar-refractivity contribution in [1.82, 2.24) is 10.2 Å². The third kappa shape index (κ3) is 3.68. The first-order chi connectivity index (χ1) is 14.8. The first-order valence-electron chi connectivity index (χ1n) is 12.1. The standard InChI is InChI=1S/C26H35FN2O2/c1-25(2,20-6-3-4-7-21(20)27)16-28-23(30)22-8-5-9-29(22)24(31)26-13-17-10-18(14-26)12-19(11-17)15-26/h3-4,6-7,17-19,22H,5,8-16H2,1-2H3,(H,28,30). The topological polar surface area (TPSA) is 49.4 Å². The van der Waals surface area contributed by atoms with Gasteiger partial charge in [-0.3, -0.25) is 9.59 Å². The minimum absolute atomic E-state index is 0.0833. The monoisotopic (exact) mass is 426 g/mol. The number of nitrogens with zero attached hydrogens (tertiary/aromatic N) is 1. The van der Waals surface area contributed by atoms with Crippen LogP contribution in [0.2, 0.25) is 0 Å². The molecule has 2 amide bonds. The molecule has 6 rings (SSSR count). The van der Waals surface area contributed by atoms with Crippen LogP contribution in [0.5, 0.6) is 0 Å².